The second-order valence-corrected chi connectivity index (χ2v) is 4.68. The van der Waals surface area contributed by atoms with E-state index in [2.05, 4.69) is 6.58 Å². The van der Waals surface area contributed by atoms with E-state index in [0.29, 0.717) is 0 Å². The molecule has 5 heteroatoms. The highest BCUT2D eigenvalue weighted by molar-refractivity contribution is 8.36. The molecule has 0 bridgehead atoms. The molecule has 0 fully saturated rings. The summed E-state index contributed by atoms with van der Waals surface area (Å²) in [4.78, 5) is 10.6. The molecule has 0 aromatic rings. The van der Waals surface area contributed by atoms with Crippen LogP contribution in [0.5, 0.6) is 0 Å². The van der Waals surface area contributed by atoms with E-state index in [1.54, 1.807) is 12.2 Å². The Kier molecular flexibility index (Phi) is 1.74. The van der Waals surface area contributed by atoms with E-state index in [-0.39, 0.29) is 9.36 Å². The van der Waals surface area contributed by atoms with E-state index in [1.165, 1.54) is 10.8 Å². The third-order valence-electron chi connectivity index (χ3n) is 1.42. The lowest BCUT2D eigenvalue weighted by Crippen LogP contribution is -2.11. The minimum atomic E-state index is -2.25. The minimum Gasteiger partial charge on any atom is -0.390 e. The average molecular weight is 172 g/mol. The van der Waals surface area contributed by atoms with Crippen molar-refractivity contribution in [2.75, 3.05) is 0 Å². The van der Waals surface area contributed by atoms with Gasteiger partial charge in [0.25, 0.3) is 0 Å². The smallest absolute Gasteiger partial charge is 0.119 e. The van der Waals surface area contributed by atoms with Crippen LogP contribution in [0.1, 0.15) is 0 Å². The number of hydrogen-bond acceptors (Lipinski definition) is 3. The largest absolute Gasteiger partial charge is 0.390 e. The average Bonchev–Trinajstić information content (AvgIpc) is 2.32. The second-order valence-electron chi connectivity index (χ2n) is 1.96. The monoisotopic (exact) mass is 172 g/mol. The number of nitro groups is 1. The van der Waals surface area contributed by atoms with E-state index in [0.717, 1.165) is 0 Å². The van der Waals surface area contributed by atoms with Gasteiger partial charge in [0.1, 0.15) is 15.2 Å². The normalized spacial score (nSPS) is 34.0. The van der Waals surface area contributed by atoms with Gasteiger partial charge in [0.05, 0.1) is 4.33 Å². The summed E-state index contributed by atoms with van der Waals surface area (Å²) in [5, 5.41) is 13.7. The maximum atomic E-state index is 10.6. The highest BCUT2D eigenvalue weighted by Gasteiger charge is 2.35. The van der Waals surface area contributed by atoms with Crippen molar-refractivity contribution in [3.05, 3.63) is 44.7 Å². The molecule has 0 aliphatic carbocycles. The van der Waals surface area contributed by atoms with Gasteiger partial charge in [-0.25, -0.2) is 0 Å². The summed E-state index contributed by atoms with van der Waals surface area (Å²) in [7, 11) is -2.25. The Morgan fingerprint density at radius 2 is 2.45 bits per heavy atom. The molecule has 1 aliphatic rings. The van der Waals surface area contributed by atoms with Crippen LogP contribution >= 0.6 is 10.2 Å². The number of nitrogens with zero attached hydrogens (tertiary/aromatic N) is 1. The van der Waals surface area contributed by atoms with E-state index in [1.807, 2.05) is 0 Å². The summed E-state index contributed by atoms with van der Waals surface area (Å²) in [6.07, 6.45) is 3.13. The molecule has 11 heavy (non-hydrogen) atoms. The number of hydrogen-bond donors (Lipinski definition) is 1. The zero-order valence-electron chi connectivity index (χ0n) is 5.77. The van der Waals surface area contributed by atoms with Crippen LogP contribution in [0.25, 0.3) is 0 Å². The predicted molar refractivity (Wildman–Crippen MR) is 46.2 cm³/mol. The van der Waals surface area contributed by atoms with Crippen LogP contribution in [0.15, 0.2) is 34.6 Å². The summed E-state index contributed by atoms with van der Waals surface area (Å²) in [5.41, 5.74) is 5.45. The van der Waals surface area contributed by atoms with Crippen LogP contribution in [0, 0.1) is 10.1 Å². The first-order valence-electron chi connectivity index (χ1n) is 2.88. The maximum Gasteiger partial charge on any atom is 0.119 e. The van der Waals surface area contributed by atoms with Crippen LogP contribution < -0.4 is 5.73 Å². The summed E-state index contributed by atoms with van der Waals surface area (Å²) in [6, 6.07) is 0. The van der Waals surface area contributed by atoms with Crippen molar-refractivity contribution in [2.45, 2.75) is 0 Å². The van der Waals surface area contributed by atoms with Crippen molar-refractivity contribution >= 4 is 10.2 Å². The SMILES string of the molecule is C=CS1([N+](=O)[O-])C=CC=C1N. The standard InChI is InChI=1S/C6H8N2O2S/c1-2-11(8(9)10)5-3-4-6(11)7/h2-5H,1,7H2. The highest BCUT2D eigenvalue weighted by atomic mass is 32.3. The van der Waals surface area contributed by atoms with Gasteiger partial charge in [0.15, 0.2) is 0 Å². The molecule has 4 nitrogen and oxygen atoms in total. The molecule has 0 amide bonds. The van der Waals surface area contributed by atoms with Crippen LogP contribution in [0.2, 0.25) is 0 Å². The lowest BCUT2D eigenvalue weighted by molar-refractivity contribution is -0.291. The van der Waals surface area contributed by atoms with Crippen LogP contribution in [0.4, 0.5) is 0 Å². The molecular formula is C6H8N2O2S. The Hall–Kier alpha value is -1.23. The number of allylic oxidation sites excluding steroid dienone is 2. The summed E-state index contributed by atoms with van der Waals surface area (Å²) < 4.78 is -0.380. The third kappa shape index (κ3) is 0.932. The molecule has 1 unspecified atom stereocenters. The Balaban J connectivity index is 3.13. The van der Waals surface area contributed by atoms with Gasteiger partial charge < -0.3 is 5.73 Å². The Morgan fingerprint density at radius 3 is 2.64 bits per heavy atom. The summed E-state index contributed by atoms with van der Waals surface area (Å²) in [5.74, 6) is 0. The van der Waals surface area contributed by atoms with Crippen molar-refractivity contribution in [3.63, 3.8) is 0 Å². The molecular weight excluding hydrogens is 164 g/mol. The quantitative estimate of drug-likeness (QED) is 0.506. The van der Waals surface area contributed by atoms with Gasteiger partial charge in [-0.1, -0.05) is 6.58 Å². The maximum absolute atomic E-state index is 10.6. The van der Waals surface area contributed by atoms with Crippen molar-refractivity contribution < 1.29 is 4.33 Å². The van der Waals surface area contributed by atoms with Gasteiger partial charge in [-0.05, 0) is 12.2 Å². The molecule has 0 aromatic carbocycles. The van der Waals surface area contributed by atoms with E-state index < -0.39 is 10.2 Å². The van der Waals surface area contributed by atoms with Crippen LogP contribution in [-0.4, -0.2) is 4.33 Å². The molecule has 0 radical (unpaired) electrons. The first kappa shape index (κ1) is 7.87. The Morgan fingerprint density at radius 1 is 1.82 bits per heavy atom. The predicted octanol–water partition coefficient (Wildman–Crippen LogP) is 1.45. The number of nitrogens with two attached hydrogens (primary N) is 1. The lowest BCUT2D eigenvalue weighted by Gasteiger charge is -2.19. The fraction of sp³-hybridized carbons (Fsp3) is 0. The van der Waals surface area contributed by atoms with Gasteiger partial charge in [-0.3, -0.25) is 10.1 Å². The van der Waals surface area contributed by atoms with E-state index in [4.69, 9.17) is 5.73 Å². The molecule has 0 saturated carbocycles. The zero-order chi connectivity index (χ0) is 8.48. The fourth-order valence-corrected chi connectivity index (χ4v) is 2.26. The Bertz CT molecular complexity index is 272. The van der Waals surface area contributed by atoms with Crippen LogP contribution in [0.3, 0.4) is 0 Å². The van der Waals surface area contributed by atoms with Gasteiger partial charge in [0, 0.05) is 10.8 Å². The molecule has 1 heterocycles. The van der Waals surface area contributed by atoms with Crippen molar-refractivity contribution in [1.82, 2.24) is 0 Å². The molecule has 0 aromatic heterocycles. The topological polar surface area (TPSA) is 69.2 Å². The Labute approximate surface area is 65.7 Å². The zero-order valence-corrected chi connectivity index (χ0v) is 6.58. The summed E-state index contributed by atoms with van der Waals surface area (Å²) in [6.45, 7) is 3.41. The van der Waals surface area contributed by atoms with Gasteiger partial charge >= 0.3 is 0 Å². The molecule has 1 rings (SSSR count). The highest BCUT2D eigenvalue weighted by Crippen LogP contribution is 2.58. The lowest BCUT2D eigenvalue weighted by atomic mass is 10.6. The molecule has 1 atom stereocenters. The molecule has 2 N–H and O–H groups in total. The third-order valence-corrected chi connectivity index (χ3v) is 3.89. The minimum absolute atomic E-state index is 0.289. The second kappa shape index (κ2) is 2.43. The number of rotatable bonds is 2. The summed E-state index contributed by atoms with van der Waals surface area (Å²) >= 11 is 0. The van der Waals surface area contributed by atoms with E-state index in [9.17, 15) is 10.1 Å². The van der Waals surface area contributed by atoms with Crippen molar-refractivity contribution in [1.29, 1.82) is 0 Å². The van der Waals surface area contributed by atoms with Gasteiger partial charge in [-0.2, -0.15) is 0 Å². The van der Waals surface area contributed by atoms with Crippen molar-refractivity contribution in [3.8, 4) is 0 Å². The molecule has 0 saturated heterocycles. The molecule has 1 aliphatic heterocycles. The first-order valence-corrected chi connectivity index (χ1v) is 4.59. The van der Waals surface area contributed by atoms with Gasteiger partial charge in [-0.15, -0.1) is 0 Å². The van der Waals surface area contributed by atoms with Gasteiger partial charge in [0.2, 0.25) is 0 Å². The van der Waals surface area contributed by atoms with Crippen LogP contribution in [-0.2, 0) is 0 Å². The van der Waals surface area contributed by atoms with Crippen molar-refractivity contribution in [2.24, 2.45) is 5.73 Å². The van der Waals surface area contributed by atoms with E-state index >= 15 is 0 Å². The molecule has 60 valence electrons. The first-order chi connectivity index (χ1) is 5.13. The molecule has 0 spiro atoms. The fourth-order valence-electron chi connectivity index (χ4n) is 0.790.